The second-order valence-electron chi connectivity index (χ2n) is 3.72. The molecule has 0 aliphatic carbocycles. The highest BCUT2D eigenvalue weighted by Crippen LogP contribution is 2.22. The molecule has 1 rings (SSSR count). The second-order valence-corrected chi connectivity index (χ2v) is 4.83. The van der Waals surface area contributed by atoms with Crippen LogP contribution in [0.15, 0.2) is 18.2 Å². The topological polar surface area (TPSA) is 20.2 Å². The molecular weight excluding hydrogens is 204 g/mol. The third-order valence-corrected chi connectivity index (χ3v) is 3.55. The molecule has 0 atom stereocenters. The number of thioether (sulfide) groups is 1. The Morgan fingerprint density at radius 2 is 2.07 bits per heavy atom. The minimum atomic E-state index is 0.430. The van der Waals surface area contributed by atoms with Gasteiger partial charge < -0.3 is 5.11 Å². The van der Waals surface area contributed by atoms with Crippen molar-refractivity contribution in [2.45, 2.75) is 38.9 Å². The number of rotatable bonds is 6. The zero-order valence-electron chi connectivity index (χ0n) is 9.62. The van der Waals surface area contributed by atoms with Crippen molar-refractivity contribution < 1.29 is 5.11 Å². The average molecular weight is 224 g/mol. The van der Waals surface area contributed by atoms with Gasteiger partial charge in [-0.3, -0.25) is 0 Å². The van der Waals surface area contributed by atoms with Crippen molar-refractivity contribution in [1.29, 1.82) is 0 Å². The normalized spacial score (nSPS) is 10.5. The van der Waals surface area contributed by atoms with Gasteiger partial charge in [0.1, 0.15) is 5.75 Å². The van der Waals surface area contributed by atoms with Gasteiger partial charge in [0.15, 0.2) is 0 Å². The highest BCUT2D eigenvalue weighted by molar-refractivity contribution is 7.98. The first-order valence-corrected chi connectivity index (χ1v) is 6.82. The molecule has 1 aromatic carbocycles. The van der Waals surface area contributed by atoms with Crippen LogP contribution in [0, 0.1) is 0 Å². The first-order valence-electron chi connectivity index (χ1n) is 5.66. The minimum absolute atomic E-state index is 0.430. The SMILES string of the molecule is CCCCSCc1ccc(O)c(CC)c1. The third-order valence-electron chi connectivity index (χ3n) is 2.44. The van der Waals surface area contributed by atoms with Crippen LogP contribution in [-0.2, 0) is 12.2 Å². The molecule has 0 radical (unpaired) electrons. The summed E-state index contributed by atoms with van der Waals surface area (Å²) in [6.45, 7) is 4.29. The monoisotopic (exact) mass is 224 g/mol. The van der Waals surface area contributed by atoms with Crippen LogP contribution in [0.25, 0.3) is 0 Å². The second kappa shape index (κ2) is 6.78. The number of hydrogen-bond donors (Lipinski definition) is 1. The standard InChI is InChI=1S/C13H20OS/c1-3-5-8-15-10-11-6-7-13(14)12(4-2)9-11/h6-7,9,14H,3-5,8,10H2,1-2H3. The van der Waals surface area contributed by atoms with E-state index in [1.54, 1.807) is 0 Å². The van der Waals surface area contributed by atoms with Gasteiger partial charge in [-0.25, -0.2) is 0 Å². The summed E-state index contributed by atoms with van der Waals surface area (Å²) in [6.07, 6.45) is 3.46. The number of phenolic OH excluding ortho intramolecular Hbond substituents is 1. The molecule has 0 aliphatic rings. The predicted octanol–water partition coefficient (Wildman–Crippen LogP) is 3.99. The molecule has 1 N–H and O–H groups in total. The molecule has 2 heteroatoms. The van der Waals surface area contributed by atoms with E-state index >= 15 is 0 Å². The van der Waals surface area contributed by atoms with E-state index in [4.69, 9.17) is 0 Å². The molecular formula is C13H20OS. The fraction of sp³-hybridized carbons (Fsp3) is 0.538. The van der Waals surface area contributed by atoms with Crippen LogP contribution in [0.5, 0.6) is 5.75 Å². The first kappa shape index (κ1) is 12.4. The van der Waals surface area contributed by atoms with Crippen LogP contribution in [0.4, 0.5) is 0 Å². The lowest BCUT2D eigenvalue weighted by molar-refractivity contribution is 0.468. The summed E-state index contributed by atoms with van der Waals surface area (Å²) in [5.41, 5.74) is 2.38. The summed E-state index contributed by atoms with van der Waals surface area (Å²) in [6, 6.07) is 5.95. The van der Waals surface area contributed by atoms with Crippen LogP contribution >= 0.6 is 11.8 Å². The highest BCUT2D eigenvalue weighted by Gasteiger charge is 2.00. The molecule has 0 fully saturated rings. The van der Waals surface area contributed by atoms with Crippen LogP contribution in [0.1, 0.15) is 37.8 Å². The van der Waals surface area contributed by atoms with E-state index in [0.717, 1.165) is 17.7 Å². The summed E-state index contributed by atoms with van der Waals surface area (Å²) in [7, 11) is 0. The van der Waals surface area contributed by atoms with E-state index in [1.807, 2.05) is 23.9 Å². The Morgan fingerprint density at radius 3 is 2.73 bits per heavy atom. The molecule has 0 amide bonds. The fourth-order valence-electron chi connectivity index (χ4n) is 1.45. The Kier molecular flexibility index (Phi) is 5.62. The fourth-order valence-corrected chi connectivity index (χ4v) is 2.50. The number of unbranched alkanes of at least 4 members (excludes halogenated alkanes) is 1. The Labute approximate surface area is 96.9 Å². The van der Waals surface area contributed by atoms with Gasteiger partial charge in [-0.05, 0) is 35.8 Å². The van der Waals surface area contributed by atoms with Crippen molar-refractivity contribution >= 4 is 11.8 Å². The average Bonchev–Trinajstić information content (AvgIpc) is 2.26. The van der Waals surface area contributed by atoms with Gasteiger partial charge in [-0.2, -0.15) is 11.8 Å². The summed E-state index contributed by atoms with van der Waals surface area (Å²) >= 11 is 1.97. The van der Waals surface area contributed by atoms with Gasteiger partial charge in [0.25, 0.3) is 0 Å². The molecule has 84 valence electrons. The minimum Gasteiger partial charge on any atom is -0.508 e. The van der Waals surface area contributed by atoms with E-state index in [2.05, 4.69) is 19.9 Å². The Balaban J connectivity index is 2.47. The van der Waals surface area contributed by atoms with Crippen molar-refractivity contribution in [3.05, 3.63) is 29.3 Å². The predicted molar refractivity (Wildman–Crippen MR) is 68.6 cm³/mol. The number of hydrogen-bond acceptors (Lipinski definition) is 2. The van der Waals surface area contributed by atoms with Gasteiger partial charge in [0, 0.05) is 5.75 Å². The molecule has 0 aliphatic heterocycles. The molecule has 1 aromatic rings. The molecule has 0 aromatic heterocycles. The molecule has 0 spiro atoms. The first-order chi connectivity index (χ1) is 7.27. The van der Waals surface area contributed by atoms with Crippen LogP contribution in [-0.4, -0.2) is 10.9 Å². The summed E-state index contributed by atoms with van der Waals surface area (Å²) in [5, 5.41) is 9.54. The van der Waals surface area contributed by atoms with E-state index in [0.29, 0.717) is 5.75 Å². The van der Waals surface area contributed by atoms with Gasteiger partial charge in [-0.1, -0.05) is 32.4 Å². The van der Waals surface area contributed by atoms with Gasteiger partial charge in [0.2, 0.25) is 0 Å². The molecule has 0 saturated heterocycles. The molecule has 0 bridgehead atoms. The van der Waals surface area contributed by atoms with E-state index in [1.165, 1.54) is 24.2 Å². The van der Waals surface area contributed by atoms with E-state index in [-0.39, 0.29) is 0 Å². The molecule has 15 heavy (non-hydrogen) atoms. The molecule has 1 nitrogen and oxygen atoms in total. The maximum atomic E-state index is 9.54. The van der Waals surface area contributed by atoms with Gasteiger partial charge in [0.05, 0.1) is 0 Å². The smallest absolute Gasteiger partial charge is 0.118 e. The largest absolute Gasteiger partial charge is 0.508 e. The van der Waals surface area contributed by atoms with E-state index in [9.17, 15) is 5.11 Å². The van der Waals surface area contributed by atoms with Crippen molar-refractivity contribution in [2.24, 2.45) is 0 Å². The van der Waals surface area contributed by atoms with Crippen molar-refractivity contribution in [3.8, 4) is 5.75 Å². The molecule has 0 saturated carbocycles. The number of benzene rings is 1. The lowest BCUT2D eigenvalue weighted by atomic mass is 10.1. The highest BCUT2D eigenvalue weighted by atomic mass is 32.2. The lowest BCUT2D eigenvalue weighted by Gasteiger charge is -2.05. The molecule has 0 unspecified atom stereocenters. The van der Waals surface area contributed by atoms with Crippen molar-refractivity contribution in [2.75, 3.05) is 5.75 Å². The quantitative estimate of drug-likeness (QED) is 0.737. The zero-order chi connectivity index (χ0) is 11.1. The van der Waals surface area contributed by atoms with Crippen molar-refractivity contribution in [3.63, 3.8) is 0 Å². The number of phenols is 1. The van der Waals surface area contributed by atoms with Crippen molar-refractivity contribution in [1.82, 2.24) is 0 Å². The summed E-state index contributed by atoms with van der Waals surface area (Å²) in [4.78, 5) is 0. The number of aryl methyl sites for hydroxylation is 1. The van der Waals surface area contributed by atoms with Crippen LogP contribution < -0.4 is 0 Å². The lowest BCUT2D eigenvalue weighted by Crippen LogP contribution is -1.87. The van der Waals surface area contributed by atoms with Gasteiger partial charge >= 0.3 is 0 Å². The zero-order valence-corrected chi connectivity index (χ0v) is 10.4. The maximum Gasteiger partial charge on any atom is 0.118 e. The molecule has 0 heterocycles. The van der Waals surface area contributed by atoms with Crippen LogP contribution in [0.2, 0.25) is 0 Å². The Morgan fingerprint density at radius 1 is 1.27 bits per heavy atom. The Bertz CT molecular complexity index is 297. The Hall–Kier alpha value is -0.630. The van der Waals surface area contributed by atoms with E-state index < -0.39 is 0 Å². The number of aromatic hydroxyl groups is 1. The summed E-state index contributed by atoms with van der Waals surface area (Å²) < 4.78 is 0. The summed E-state index contributed by atoms with van der Waals surface area (Å²) in [5.74, 6) is 2.73. The third kappa shape index (κ3) is 4.17. The van der Waals surface area contributed by atoms with Gasteiger partial charge in [-0.15, -0.1) is 0 Å². The maximum absolute atomic E-state index is 9.54. The van der Waals surface area contributed by atoms with Crippen LogP contribution in [0.3, 0.4) is 0 Å².